The third-order valence-electron chi connectivity index (χ3n) is 5.37. The number of halogens is 1. The number of hydrogen-bond donors (Lipinski definition) is 2. The van der Waals surface area contributed by atoms with Gasteiger partial charge >= 0.3 is 0 Å². The lowest BCUT2D eigenvalue weighted by Gasteiger charge is -2.30. The second-order valence-electron chi connectivity index (χ2n) is 7.04. The van der Waals surface area contributed by atoms with Gasteiger partial charge in [0.05, 0.1) is 0 Å². The van der Waals surface area contributed by atoms with Crippen LogP contribution in [-0.2, 0) is 12.8 Å². The number of hydrogen-bond acceptors (Lipinski definition) is 3. The number of carbonyl (C=O) groups is 1. The summed E-state index contributed by atoms with van der Waals surface area (Å²) in [5, 5.41) is 10.9. The van der Waals surface area contributed by atoms with Gasteiger partial charge in [-0.25, -0.2) is 9.07 Å². The first-order valence-corrected chi connectivity index (χ1v) is 9.02. The molecule has 2 heterocycles. The highest BCUT2D eigenvalue weighted by Gasteiger charge is 2.30. The standard InChI is InChI=1S/C19H23FN4O/c1-12-9-10-21-11-15(12)22-19(25)18-13-5-4-8-16(13)24(23-18)17-7-3-2-6-14(17)20/h2-3,6-7,12,15,21H,4-5,8-11H2,1H3,(H,22,25). The van der Waals surface area contributed by atoms with E-state index in [2.05, 4.69) is 22.7 Å². The van der Waals surface area contributed by atoms with Gasteiger partial charge in [-0.2, -0.15) is 5.10 Å². The normalized spacial score (nSPS) is 22.6. The summed E-state index contributed by atoms with van der Waals surface area (Å²) in [6.45, 7) is 3.93. The van der Waals surface area contributed by atoms with Crippen molar-refractivity contribution < 1.29 is 9.18 Å². The molecule has 25 heavy (non-hydrogen) atoms. The minimum atomic E-state index is -0.322. The summed E-state index contributed by atoms with van der Waals surface area (Å²) in [5.74, 6) is -0.0301. The van der Waals surface area contributed by atoms with Crippen LogP contribution < -0.4 is 10.6 Å². The molecule has 1 aliphatic carbocycles. The highest BCUT2D eigenvalue weighted by molar-refractivity contribution is 5.94. The number of carbonyl (C=O) groups excluding carboxylic acids is 1. The SMILES string of the molecule is CC1CCNCC1NC(=O)c1nn(-c2ccccc2F)c2c1CCC2. The molecule has 0 bridgehead atoms. The smallest absolute Gasteiger partial charge is 0.272 e. The topological polar surface area (TPSA) is 58.9 Å². The molecule has 2 aromatic rings. The Morgan fingerprint density at radius 1 is 1.36 bits per heavy atom. The summed E-state index contributed by atoms with van der Waals surface area (Å²) in [6.07, 6.45) is 3.67. The molecule has 0 saturated carbocycles. The molecule has 0 radical (unpaired) electrons. The molecule has 6 heteroatoms. The van der Waals surface area contributed by atoms with E-state index in [-0.39, 0.29) is 17.8 Å². The van der Waals surface area contributed by atoms with E-state index < -0.39 is 0 Å². The Kier molecular flexibility index (Phi) is 4.29. The molecule has 2 aliphatic rings. The minimum Gasteiger partial charge on any atom is -0.346 e. The van der Waals surface area contributed by atoms with Crippen LogP contribution in [0.3, 0.4) is 0 Å². The summed E-state index contributed by atoms with van der Waals surface area (Å²) in [5.41, 5.74) is 2.79. The van der Waals surface area contributed by atoms with Crippen molar-refractivity contribution in [2.45, 2.75) is 38.6 Å². The van der Waals surface area contributed by atoms with Crippen LogP contribution in [0.25, 0.3) is 5.69 Å². The quantitative estimate of drug-likeness (QED) is 0.899. The zero-order chi connectivity index (χ0) is 17.4. The van der Waals surface area contributed by atoms with E-state index >= 15 is 0 Å². The molecule has 1 aromatic heterocycles. The number of benzene rings is 1. The van der Waals surface area contributed by atoms with E-state index in [1.54, 1.807) is 22.9 Å². The van der Waals surface area contributed by atoms with Gasteiger partial charge in [0.2, 0.25) is 0 Å². The Labute approximate surface area is 146 Å². The Balaban J connectivity index is 1.66. The number of amides is 1. The highest BCUT2D eigenvalue weighted by atomic mass is 19.1. The summed E-state index contributed by atoms with van der Waals surface area (Å²) >= 11 is 0. The molecule has 1 amide bonds. The van der Waals surface area contributed by atoms with Crippen molar-refractivity contribution in [1.82, 2.24) is 20.4 Å². The molecule has 1 fully saturated rings. The summed E-state index contributed by atoms with van der Waals surface area (Å²) in [7, 11) is 0. The molecule has 5 nitrogen and oxygen atoms in total. The van der Waals surface area contributed by atoms with Crippen LogP contribution >= 0.6 is 0 Å². The van der Waals surface area contributed by atoms with Crippen molar-refractivity contribution in [3.05, 3.63) is 47.0 Å². The molecule has 2 N–H and O–H groups in total. The molecule has 1 aromatic carbocycles. The molecule has 1 aliphatic heterocycles. The van der Waals surface area contributed by atoms with Gasteiger partial charge in [-0.3, -0.25) is 4.79 Å². The van der Waals surface area contributed by atoms with Crippen LogP contribution in [0.1, 0.15) is 41.5 Å². The maximum absolute atomic E-state index is 14.2. The molecular formula is C19H23FN4O. The van der Waals surface area contributed by atoms with Crippen LogP contribution in [0.15, 0.2) is 24.3 Å². The van der Waals surface area contributed by atoms with Crippen LogP contribution in [0.5, 0.6) is 0 Å². The number of nitrogens with zero attached hydrogens (tertiary/aromatic N) is 2. The third kappa shape index (κ3) is 2.95. The number of fused-ring (bicyclic) bond motifs is 1. The summed E-state index contributed by atoms with van der Waals surface area (Å²) < 4.78 is 15.8. The first-order valence-electron chi connectivity index (χ1n) is 9.02. The molecule has 2 unspecified atom stereocenters. The van der Waals surface area contributed by atoms with E-state index in [9.17, 15) is 9.18 Å². The fraction of sp³-hybridized carbons (Fsp3) is 0.474. The number of aromatic nitrogens is 2. The van der Waals surface area contributed by atoms with Crippen molar-refractivity contribution in [2.24, 2.45) is 5.92 Å². The van der Waals surface area contributed by atoms with Gasteiger partial charge in [-0.1, -0.05) is 19.1 Å². The van der Waals surface area contributed by atoms with E-state index in [4.69, 9.17) is 0 Å². The fourth-order valence-electron chi connectivity index (χ4n) is 3.86. The predicted molar refractivity (Wildman–Crippen MR) is 93.5 cm³/mol. The lowest BCUT2D eigenvalue weighted by atomic mass is 9.94. The Bertz CT molecular complexity index is 801. The minimum absolute atomic E-state index is 0.108. The van der Waals surface area contributed by atoms with Crippen LogP contribution in [0, 0.1) is 11.7 Å². The molecule has 132 valence electrons. The second-order valence-corrected chi connectivity index (χ2v) is 7.04. The van der Waals surface area contributed by atoms with Gasteiger partial charge in [0.1, 0.15) is 11.5 Å². The lowest BCUT2D eigenvalue weighted by Crippen LogP contribution is -2.50. The lowest BCUT2D eigenvalue weighted by molar-refractivity contribution is 0.0908. The Morgan fingerprint density at radius 3 is 3.00 bits per heavy atom. The monoisotopic (exact) mass is 342 g/mol. The molecule has 0 spiro atoms. The third-order valence-corrected chi connectivity index (χ3v) is 5.37. The fourth-order valence-corrected chi connectivity index (χ4v) is 3.86. The van der Waals surface area contributed by atoms with Crippen molar-refractivity contribution in [2.75, 3.05) is 13.1 Å². The Hall–Kier alpha value is -2.21. The van der Waals surface area contributed by atoms with Gasteiger partial charge < -0.3 is 10.6 Å². The summed E-state index contributed by atoms with van der Waals surface area (Å²) in [4.78, 5) is 12.8. The average molecular weight is 342 g/mol. The zero-order valence-electron chi connectivity index (χ0n) is 14.4. The van der Waals surface area contributed by atoms with Crippen molar-refractivity contribution in [3.8, 4) is 5.69 Å². The highest BCUT2D eigenvalue weighted by Crippen LogP contribution is 2.29. The van der Waals surface area contributed by atoms with E-state index in [1.807, 2.05) is 0 Å². The van der Waals surface area contributed by atoms with Crippen molar-refractivity contribution in [3.63, 3.8) is 0 Å². The largest absolute Gasteiger partial charge is 0.346 e. The number of para-hydroxylation sites is 1. The van der Waals surface area contributed by atoms with Crippen LogP contribution in [-0.4, -0.2) is 34.8 Å². The summed E-state index contributed by atoms with van der Waals surface area (Å²) in [6, 6.07) is 6.69. The van der Waals surface area contributed by atoms with Gasteiger partial charge in [0.25, 0.3) is 5.91 Å². The van der Waals surface area contributed by atoms with E-state index in [1.165, 1.54) is 6.07 Å². The molecule has 1 saturated heterocycles. The zero-order valence-corrected chi connectivity index (χ0v) is 14.4. The number of piperidine rings is 1. The Morgan fingerprint density at radius 2 is 2.20 bits per heavy atom. The van der Waals surface area contributed by atoms with Gasteiger partial charge in [0.15, 0.2) is 5.69 Å². The van der Waals surface area contributed by atoms with Gasteiger partial charge in [0, 0.05) is 23.8 Å². The first kappa shape index (κ1) is 16.3. The van der Waals surface area contributed by atoms with Crippen molar-refractivity contribution in [1.29, 1.82) is 0 Å². The predicted octanol–water partition coefficient (Wildman–Crippen LogP) is 2.23. The second kappa shape index (κ2) is 6.59. The molecule has 4 rings (SSSR count). The van der Waals surface area contributed by atoms with E-state index in [0.29, 0.717) is 17.3 Å². The molecular weight excluding hydrogens is 319 g/mol. The van der Waals surface area contributed by atoms with Crippen LogP contribution in [0.4, 0.5) is 4.39 Å². The van der Waals surface area contributed by atoms with Gasteiger partial charge in [-0.05, 0) is 50.3 Å². The number of nitrogens with one attached hydrogen (secondary N) is 2. The van der Waals surface area contributed by atoms with E-state index in [0.717, 1.165) is 50.0 Å². The number of rotatable bonds is 3. The van der Waals surface area contributed by atoms with Crippen molar-refractivity contribution >= 4 is 5.91 Å². The maximum Gasteiger partial charge on any atom is 0.272 e. The maximum atomic E-state index is 14.2. The first-order chi connectivity index (χ1) is 12.1. The van der Waals surface area contributed by atoms with Crippen LogP contribution in [0.2, 0.25) is 0 Å². The molecule has 2 atom stereocenters. The van der Waals surface area contributed by atoms with Gasteiger partial charge in [-0.15, -0.1) is 0 Å². The average Bonchev–Trinajstić information content (AvgIpc) is 3.20.